The fraction of sp³-hybridized carbons (Fsp3) is 0.636. The van der Waals surface area contributed by atoms with Crippen molar-refractivity contribution in [2.45, 2.75) is 27.7 Å². The molecule has 0 bridgehead atoms. The molecule has 0 aliphatic carbocycles. The zero-order chi connectivity index (χ0) is 11.5. The van der Waals surface area contributed by atoms with E-state index in [1.807, 2.05) is 0 Å². The molecule has 0 saturated carbocycles. The van der Waals surface area contributed by atoms with Gasteiger partial charge in [-0.2, -0.15) is 0 Å². The van der Waals surface area contributed by atoms with E-state index < -0.39 is 0 Å². The van der Waals surface area contributed by atoms with Gasteiger partial charge in [0.1, 0.15) is 18.0 Å². The van der Waals surface area contributed by atoms with Gasteiger partial charge in [-0.25, -0.2) is 9.97 Å². The van der Waals surface area contributed by atoms with E-state index in [1.54, 1.807) is 6.07 Å². The molecule has 0 aliphatic rings. The van der Waals surface area contributed by atoms with Gasteiger partial charge in [-0.1, -0.05) is 27.7 Å². The highest BCUT2D eigenvalue weighted by Gasteiger charge is 2.19. The largest absolute Gasteiger partial charge is 0.384 e. The summed E-state index contributed by atoms with van der Waals surface area (Å²) >= 11 is 0. The van der Waals surface area contributed by atoms with Gasteiger partial charge in [0.15, 0.2) is 0 Å². The second kappa shape index (κ2) is 4.47. The standard InChI is InChI=1S/C11H20N4/c1-8(11(2,3)4)6-13-10-5-9(12)14-7-15-10/h5,7-8H,6H2,1-4H3,(H3,12,13,14,15). The molecule has 0 fully saturated rings. The summed E-state index contributed by atoms with van der Waals surface area (Å²) in [5.41, 5.74) is 5.86. The summed E-state index contributed by atoms with van der Waals surface area (Å²) in [6.45, 7) is 9.80. The molecule has 0 saturated heterocycles. The summed E-state index contributed by atoms with van der Waals surface area (Å²) in [4.78, 5) is 7.93. The van der Waals surface area contributed by atoms with Gasteiger partial charge >= 0.3 is 0 Å². The Kier molecular flexibility index (Phi) is 3.50. The highest BCUT2D eigenvalue weighted by molar-refractivity contribution is 5.43. The normalized spacial score (nSPS) is 13.6. The van der Waals surface area contributed by atoms with Gasteiger partial charge in [0.25, 0.3) is 0 Å². The highest BCUT2D eigenvalue weighted by Crippen LogP contribution is 2.25. The first-order valence-corrected chi connectivity index (χ1v) is 5.21. The molecule has 1 unspecified atom stereocenters. The molecule has 3 N–H and O–H groups in total. The zero-order valence-corrected chi connectivity index (χ0v) is 9.91. The Bertz CT molecular complexity index is 317. The van der Waals surface area contributed by atoms with Crippen molar-refractivity contribution in [3.63, 3.8) is 0 Å². The average molecular weight is 208 g/mol. The van der Waals surface area contributed by atoms with Gasteiger partial charge in [0, 0.05) is 12.6 Å². The van der Waals surface area contributed by atoms with Crippen LogP contribution in [0.15, 0.2) is 12.4 Å². The van der Waals surface area contributed by atoms with Gasteiger partial charge in [-0.3, -0.25) is 0 Å². The minimum absolute atomic E-state index is 0.297. The number of anilines is 2. The quantitative estimate of drug-likeness (QED) is 0.799. The van der Waals surface area contributed by atoms with E-state index in [0.29, 0.717) is 17.2 Å². The van der Waals surface area contributed by atoms with Crippen LogP contribution < -0.4 is 11.1 Å². The van der Waals surface area contributed by atoms with Crippen LogP contribution >= 0.6 is 0 Å². The van der Waals surface area contributed by atoms with E-state index in [2.05, 4.69) is 43.0 Å². The van der Waals surface area contributed by atoms with Crippen LogP contribution in [0.25, 0.3) is 0 Å². The minimum atomic E-state index is 0.297. The lowest BCUT2D eigenvalue weighted by molar-refractivity contribution is 0.274. The second-order valence-corrected chi connectivity index (χ2v) is 4.98. The predicted molar refractivity (Wildman–Crippen MR) is 63.6 cm³/mol. The number of nitrogen functional groups attached to an aromatic ring is 1. The summed E-state index contributed by atoms with van der Waals surface area (Å²) in [6, 6.07) is 1.75. The van der Waals surface area contributed by atoms with Crippen molar-refractivity contribution in [2.24, 2.45) is 11.3 Å². The molecule has 0 spiro atoms. The third-order valence-corrected chi connectivity index (χ3v) is 2.76. The molecule has 1 atom stereocenters. The zero-order valence-electron chi connectivity index (χ0n) is 9.91. The summed E-state index contributed by atoms with van der Waals surface area (Å²) in [6.07, 6.45) is 1.47. The molecule has 0 radical (unpaired) electrons. The van der Waals surface area contributed by atoms with Gasteiger partial charge < -0.3 is 11.1 Å². The molecule has 0 aromatic carbocycles. The molecule has 0 aliphatic heterocycles. The number of aromatic nitrogens is 2. The lowest BCUT2D eigenvalue weighted by Gasteiger charge is -2.27. The third kappa shape index (κ3) is 3.73. The van der Waals surface area contributed by atoms with Crippen LogP contribution in [0.2, 0.25) is 0 Å². The van der Waals surface area contributed by atoms with Crippen LogP contribution in [-0.4, -0.2) is 16.5 Å². The molecule has 1 heterocycles. The van der Waals surface area contributed by atoms with Crippen LogP contribution in [0.4, 0.5) is 11.6 Å². The molecule has 15 heavy (non-hydrogen) atoms. The fourth-order valence-electron chi connectivity index (χ4n) is 1.03. The van der Waals surface area contributed by atoms with Crippen molar-refractivity contribution >= 4 is 11.6 Å². The lowest BCUT2D eigenvalue weighted by Crippen LogP contribution is -2.25. The van der Waals surface area contributed by atoms with Crippen LogP contribution in [0.1, 0.15) is 27.7 Å². The Hall–Kier alpha value is -1.32. The molecule has 4 heteroatoms. The van der Waals surface area contributed by atoms with Gasteiger partial charge in [0.2, 0.25) is 0 Å². The molecule has 1 rings (SSSR count). The summed E-state index contributed by atoms with van der Waals surface area (Å²) in [5, 5.41) is 3.26. The number of hydrogen-bond acceptors (Lipinski definition) is 4. The fourth-order valence-corrected chi connectivity index (χ4v) is 1.03. The first-order valence-electron chi connectivity index (χ1n) is 5.21. The molecule has 1 aromatic heterocycles. The Morgan fingerprint density at radius 3 is 2.60 bits per heavy atom. The van der Waals surface area contributed by atoms with Crippen LogP contribution in [-0.2, 0) is 0 Å². The smallest absolute Gasteiger partial charge is 0.131 e. The predicted octanol–water partition coefficient (Wildman–Crippen LogP) is 2.15. The van der Waals surface area contributed by atoms with E-state index in [-0.39, 0.29) is 0 Å². The summed E-state index contributed by atoms with van der Waals surface area (Å²) < 4.78 is 0. The van der Waals surface area contributed by atoms with Crippen LogP contribution in [0, 0.1) is 11.3 Å². The maximum absolute atomic E-state index is 5.56. The van der Waals surface area contributed by atoms with Gasteiger partial charge in [0.05, 0.1) is 0 Å². The van der Waals surface area contributed by atoms with Crippen molar-refractivity contribution in [3.8, 4) is 0 Å². The van der Waals surface area contributed by atoms with E-state index in [1.165, 1.54) is 6.33 Å². The molecule has 4 nitrogen and oxygen atoms in total. The summed E-state index contributed by atoms with van der Waals surface area (Å²) in [5.74, 6) is 1.85. The minimum Gasteiger partial charge on any atom is -0.384 e. The molecule has 0 amide bonds. The number of rotatable bonds is 3. The van der Waals surface area contributed by atoms with Gasteiger partial charge in [-0.15, -0.1) is 0 Å². The van der Waals surface area contributed by atoms with E-state index >= 15 is 0 Å². The number of nitrogens with one attached hydrogen (secondary N) is 1. The van der Waals surface area contributed by atoms with Crippen molar-refractivity contribution in [2.75, 3.05) is 17.6 Å². The van der Waals surface area contributed by atoms with E-state index in [4.69, 9.17) is 5.73 Å². The Morgan fingerprint density at radius 1 is 1.40 bits per heavy atom. The van der Waals surface area contributed by atoms with Crippen molar-refractivity contribution < 1.29 is 0 Å². The molecule has 84 valence electrons. The van der Waals surface area contributed by atoms with Crippen LogP contribution in [0.5, 0.6) is 0 Å². The second-order valence-electron chi connectivity index (χ2n) is 4.98. The lowest BCUT2D eigenvalue weighted by atomic mass is 9.82. The van der Waals surface area contributed by atoms with Crippen LogP contribution in [0.3, 0.4) is 0 Å². The number of nitrogens with two attached hydrogens (primary N) is 1. The monoisotopic (exact) mass is 208 g/mol. The maximum atomic E-state index is 5.56. The van der Waals surface area contributed by atoms with Crippen molar-refractivity contribution in [1.82, 2.24) is 9.97 Å². The maximum Gasteiger partial charge on any atom is 0.131 e. The molecular formula is C11H20N4. The van der Waals surface area contributed by atoms with Crippen molar-refractivity contribution in [3.05, 3.63) is 12.4 Å². The molecule has 1 aromatic rings. The van der Waals surface area contributed by atoms with Gasteiger partial charge in [-0.05, 0) is 11.3 Å². The number of nitrogens with zero attached hydrogens (tertiary/aromatic N) is 2. The Labute approximate surface area is 91.3 Å². The highest BCUT2D eigenvalue weighted by atomic mass is 15.0. The SMILES string of the molecule is CC(CNc1cc(N)ncn1)C(C)(C)C. The number of hydrogen-bond donors (Lipinski definition) is 2. The Balaban J connectivity index is 2.51. The third-order valence-electron chi connectivity index (χ3n) is 2.76. The topological polar surface area (TPSA) is 63.8 Å². The molecular weight excluding hydrogens is 188 g/mol. The van der Waals surface area contributed by atoms with E-state index in [9.17, 15) is 0 Å². The van der Waals surface area contributed by atoms with Crippen molar-refractivity contribution in [1.29, 1.82) is 0 Å². The Morgan fingerprint density at radius 2 is 2.07 bits per heavy atom. The average Bonchev–Trinajstić information content (AvgIpc) is 2.12. The first-order chi connectivity index (χ1) is 6.89. The van der Waals surface area contributed by atoms with E-state index in [0.717, 1.165) is 12.4 Å². The first kappa shape index (κ1) is 11.8. The summed E-state index contributed by atoms with van der Waals surface area (Å²) in [7, 11) is 0.